The van der Waals surface area contributed by atoms with Crippen molar-refractivity contribution in [1.29, 1.82) is 0 Å². The fourth-order valence-corrected chi connectivity index (χ4v) is 3.54. The highest BCUT2D eigenvalue weighted by Crippen LogP contribution is 2.25. The van der Waals surface area contributed by atoms with E-state index in [1.807, 2.05) is 0 Å². The minimum atomic E-state index is -3.43. The van der Waals surface area contributed by atoms with Gasteiger partial charge in [0.05, 0.1) is 11.0 Å². The molecule has 0 heterocycles. The predicted octanol–water partition coefficient (Wildman–Crippen LogP) is 1.89. The SMILES string of the molecule is O=S(=O)(NCC1CCC(O)C1)c1ccc(Br)cc1. The zero-order chi connectivity index (χ0) is 13.2. The Kier molecular flexibility index (Phi) is 4.42. The highest BCUT2D eigenvalue weighted by Gasteiger charge is 2.24. The van der Waals surface area contributed by atoms with Crippen LogP contribution in [0, 0.1) is 5.92 Å². The number of hydrogen-bond donors (Lipinski definition) is 2. The largest absolute Gasteiger partial charge is 0.393 e. The molecule has 1 aromatic carbocycles. The van der Waals surface area contributed by atoms with Crippen molar-refractivity contribution in [2.45, 2.75) is 30.3 Å². The van der Waals surface area contributed by atoms with Crippen LogP contribution in [0.1, 0.15) is 19.3 Å². The molecule has 4 nitrogen and oxygen atoms in total. The Balaban J connectivity index is 1.97. The summed E-state index contributed by atoms with van der Waals surface area (Å²) in [6.07, 6.45) is 2.06. The minimum absolute atomic E-state index is 0.241. The van der Waals surface area contributed by atoms with E-state index in [1.165, 1.54) is 0 Å². The van der Waals surface area contributed by atoms with Crippen LogP contribution in [0.25, 0.3) is 0 Å². The summed E-state index contributed by atoms with van der Waals surface area (Å²) >= 11 is 3.27. The minimum Gasteiger partial charge on any atom is -0.393 e. The van der Waals surface area contributed by atoms with Crippen molar-refractivity contribution in [3.63, 3.8) is 0 Å². The fourth-order valence-electron chi connectivity index (χ4n) is 2.16. The van der Waals surface area contributed by atoms with Gasteiger partial charge in [0.25, 0.3) is 0 Å². The molecule has 0 saturated heterocycles. The molecule has 2 N–H and O–H groups in total. The summed E-state index contributed by atoms with van der Waals surface area (Å²) < 4.78 is 27.4. The van der Waals surface area contributed by atoms with E-state index in [2.05, 4.69) is 20.7 Å². The standard InChI is InChI=1S/C12H16BrNO3S/c13-10-2-5-12(6-3-10)18(16,17)14-8-9-1-4-11(15)7-9/h2-3,5-6,9,11,14-15H,1,4,7-8H2. The van der Waals surface area contributed by atoms with Crippen molar-refractivity contribution in [1.82, 2.24) is 4.72 Å². The second-order valence-electron chi connectivity index (χ2n) is 4.64. The lowest BCUT2D eigenvalue weighted by Gasteiger charge is -2.11. The number of nitrogens with one attached hydrogen (secondary N) is 1. The van der Waals surface area contributed by atoms with Crippen LogP contribution in [-0.2, 0) is 10.0 Å². The summed E-state index contributed by atoms with van der Waals surface area (Å²) in [6.45, 7) is 0.398. The summed E-state index contributed by atoms with van der Waals surface area (Å²) in [5.74, 6) is 0.241. The molecule has 0 radical (unpaired) electrons. The average molecular weight is 334 g/mol. The lowest BCUT2D eigenvalue weighted by atomic mass is 10.1. The molecule has 1 aliphatic carbocycles. The first-order valence-corrected chi connectivity index (χ1v) is 8.18. The smallest absolute Gasteiger partial charge is 0.240 e. The molecule has 0 bridgehead atoms. The lowest BCUT2D eigenvalue weighted by Crippen LogP contribution is -2.28. The predicted molar refractivity (Wildman–Crippen MR) is 72.7 cm³/mol. The van der Waals surface area contributed by atoms with Crippen molar-refractivity contribution >= 4 is 26.0 Å². The van der Waals surface area contributed by atoms with Crippen LogP contribution in [0.2, 0.25) is 0 Å². The monoisotopic (exact) mass is 333 g/mol. The Hall–Kier alpha value is -0.430. The molecule has 18 heavy (non-hydrogen) atoms. The number of aliphatic hydroxyl groups excluding tert-OH is 1. The first-order valence-electron chi connectivity index (χ1n) is 5.90. The summed E-state index contributed by atoms with van der Waals surface area (Å²) in [5.41, 5.74) is 0. The summed E-state index contributed by atoms with van der Waals surface area (Å²) in [7, 11) is -3.43. The number of benzene rings is 1. The van der Waals surface area contributed by atoms with Gasteiger partial charge in [0.15, 0.2) is 0 Å². The van der Waals surface area contributed by atoms with Crippen LogP contribution < -0.4 is 4.72 Å². The number of aliphatic hydroxyl groups is 1. The van der Waals surface area contributed by atoms with Gasteiger partial charge in [0.1, 0.15) is 0 Å². The van der Waals surface area contributed by atoms with Crippen molar-refractivity contribution in [2.75, 3.05) is 6.54 Å². The lowest BCUT2D eigenvalue weighted by molar-refractivity contribution is 0.178. The summed E-state index contributed by atoms with van der Waals surface area (Å²) in [5, 5.41) is 9.39. The van der Waals surface area contributed by atoms with Gasteiger partial charge in [0.2, 0.25) is 10.0 Å². The molecule has 1 fully saturated rings. The molecular formula is C12H16BrNO3S. The highest BCUT2D eigenvalue weighted by molar-refractivity contribution is 9.10. The van der Waals surface area contributed by atoms with Gasteiger partial charge in [-0.3, -0.25) is 0 Å². The van der Waals surface area contributed by atoms with Crippen molar-refractivity contribution in [3.05, 3.63) is 28.7 Å². The van der Waals surface area contributed by atoms with E-state index >= 15 is 0 Å². The van der Waals surface area contributed by atoms with Crippen molar-refractivity contribution < 1.29 is 13.5 Å². The molecule has 6 heteroatoms. The van der Waals surface area contributed by atoms with Crippen molar-refractivity contribution in [3.8, 4) is 0 Å². The normalized spacial score (nSPS) is 24.3. The highest BCUT2D eigenvalue weighted by atomic mass is 79.9. The van der Waals surface area contributed by atoms with Gasteiger partial charge >= 0.3 is 0 Å². The number of rotatable bonds is 4. The molecule has 0 aliphatic heterocycles. The van der Waals surface area contributed by atoms with Gasteiger partial charge in [-0.25, -0.2) is 13.1 Å². The Labute approximate surface area is 116 Å². The van der Waals surface area contributed by atoms with Crippen LogP contribution in [0.15, 0.2) is 33.6 Å². The molecular weight excluding hydrogens is 318 g/mol. The molecule has 1 aliphatic rings. The van der Waals surface area contributed by atoms with Crippen LogP contribution in [0.4, 0.5) is 0 Å². The zero-order valence-corrected chi connectivity index (χ0v) is 12.2. The van der Waals surface area contributed by atoms with Crippen LogP contribution in [0.5, 0.6) is 0 Å². The van der Waals surface area contributed by atoms with E-state index in [9.17, 15) is 13.5 Å². The fraction of sp³-hybridized carbons (Fsp3) is 0.500. The Morgan fingerprint density at radius 2 is 1.94 bits per heavy atom. The average Bonchev–Trinajstić information content (AvgIpc) is 2.73. The maximum absolute atomic E-state index is 12.0. The molecule has 2 unspecified atom stereocenters. The van der Waals surface area contributed by atoms with E-state index in [-0.39, 0.29) is 16.9 Å². The maximum Gasteiger partial charge on any atom is 0.240 e. The van der Waals surface area contributed by atoms with E-state index in [4.69, 9.17) is 0 Å². The maximum atomic E-state index is 12.0. The third-order valence-corrected chi connectivity index (χ3v) is 5.17. The Morgan fingerprint density at radius 3 is 2.50 bits per heavy atom. The van der Waals surface area contributed by atoms with Crippen LogP contribution in [-0.4, -0.2) is 26.2 Å². The molecule has 0 aromatic heterocycles. The second-order valence-corrected chi connectivity index (χ2v) is 7.32. The molecule has 1 saturated carbocycles. The van der Waals surface area contributed by atoms with Crippen LogP contribution in [0.3, 0.4) is 0 Å². The Morgan fingerprint density at radius 1 is 1.28 bits per heavy atom. The zero-order valence-electron chi connectivity index (χ0n) is 9.84. The van der Waals surface area contributed by atoms with Gasteiger partial charge < -0.3 is 5.11 Å². The van der Waals surface area contributed by atoms with E-state index in [1.54, 1.807) is 24.3 Å². The van der Waals surface area contributed by atoms with E-state index < -0.39 is 10.0 Å². The van der Waals surface area contributed by atoms with E-state index in [0.717, 1.165) is 17.3 Å². The van der Waals surface area contributed by atoms with E-state index in [0.29, 0.717) is 13.0 Å². The number of hydrogen-bond acceptors (Lipinski definition) is 3. The number of sulfonamides is 1. The summed E-state index contributed by atoms with van der Waals surface area (Å²) in [4.78, 5) is 0.268. The van der Waals surface area contributed by atoms with Gasteiger partial charge in [0, 0.05) is 11.0 Å². The van der Waals surface area contributed by atoms with Gasteiger partial charge in [-0.15, -0.1) is 0 Å². The van der Waals surface area contributed by atoms with Crippen LogP contribution >= 0.6 is 15.9 Å². The second kappa shape index (κ2) is 5.69. The quantitative estimate of drug-likeness (QED) is 0.884. The summed E-state index contributed by atoms with van der Waals surface area (Å²) in [6, 6.07) is 6.54. The molecule has 100 valence electrons. The van der Waals surface area contributed by atoms with Crippen molar-refractivity contribution in [2.24, 2.45) is 5.92 Å². The topological polar surface area (TPSA) is 66.4 Å². The first-order chi connectivity index (χ1) is 8.47. The third kappa shape index (κ3) is 3.54. The van der Waals surface area contributed by atoms with Gasteiger partial charge in [-0.05, 0) is 49.4 Å². The molecule has 0 spiro atoms. The Bertz CT molecular complexity index is 501. The first kappa shape index (κ1) is 14.0. The molecule has 2 rings (SSSR count). The molecule has 1 aromatic rings. The third-order valence-electron chi connectivity index (χ3n) is 3.20. The molecule has 2 atom stereocenters. The van der Waals surface area contributed by atoms with Gasteiger partial charge in [-0.2, -0.15) is 0 Å². The molecule has 0 amide bonds. The number of halogens is 1. The van der Waals surface area contributed by atoms with Gasteiger partial charge in [-0.1, -0.05) is 15.9 Å².